The van der Waals surface area contributed by atoms with Gasteiger partial charge in [-0.25, -0.2) is 0 Å². The lowest BCUT2D eigenvalue weighted by atomic mass is 9.44. The van der Waals surface area contributed by atoms with E-state index >= 15 is 0 Å². The van der Waals surface area contributed by atoms with Crippen LogP contribution in [-0.2, 0) is 0 Å². The van der Waals surface area contributed by atoms with E-state index in [0.29, 0.717) is 23.3 Å². The van der Waals surface area contributed by atoms with Gasteiger partial charge in [-0.2, -0.15) is 0 Å². The van der Waals surface area contributed by atoms with E-state index in [4.69, 9.17) is 0 Å². The molecule has 0 aromatic heterocycles. The maximum atomic E-state index is 11.1. The fraction of sp³-hybridized carbons (Fsp3) is 1.00. The molecule has 5 fully saturated rings. The summed E-state index contributed by atoms with van der Waals surface area (Å²) in [7, 11) is 0. The number of aliphatic hydroxyl groups is 2. The Morgan fingerprint density at radius 1 is 0.929 bits per heavy atom. The molecule has 0 aromatic carbocycles. The Labute approximate surface area is 171 Å². The summed E-state index contributed by atoms with van der Waals surface area (Å²) in [5.74, 6) is 2.96. The van der Waals surface area contributed by atoms with Gasteiger partial charge in [0.05, 0.1) is 11.7 Å². The lowest BCUT2D eigenvalue weighted by Gasteiger charge is -2.63. The van der Waals surface area contributed by atoms with Crippen molar-refractivity contribution in [3.8, 4) is 0 Å². The van der Waals surface area contributed by atoms with Gasteiger partial charge in [-0.3, -0.25) is 4.90 Å². The van der Waals surface area contributed by atoms with Crippen molar-refractivity contribution >= 4 is 0 Å². The third kappa shape index (κ3) is 2.70. The molecular formula is C24H42N2O2. The van der Waals surface area contributed by atoms with E-state index in [1.165, 1.54) is 38.5 Å². The molecule has 4 unspecified atom stereocenters. The number of rotatable bonds is 1. The van der Waals surface area contributed by atoms with E-state index in [1.807, 2.05) is 0 Å². The molecule has 4 heteroatoms. The van der Waals surface area contributed by atoms with Gasteiger partial charge >= 0.3 is 0 Å². The number of hydrogen-bond donors (Lipinski definition) is 3. The van der Waals surface area contributed by atoms with Gasteiger partial charge in [0.1, 0.15) is 0 Å². The second kappa shape index (κ2) is 6.67. The second-order valence-corrected chi connectivity index (χ2v) is 11.8. The summed E-state index contributed by atoms with van der Waals surface area (Å²) in [4.78, 5) is 2.58. The van der Waals surface area contributed by atoms with Crippen molar-refractivity contribution < 1.29 is 10.2 Å². The van der Waals surface area contributed by atoms with E-state index < -0.39 is 5.60 Å². The van der Waals surface area contributed by atoms with Gasteiger partial charge in [0.15, 0.2) is 0 Å². The standard InChI is InChI=1S/C24H42N2O2/c1-22-15-20(26-12-10-25-11-13-26)21(27)14-16(22)4-5-17-18(22)6-8-23(2)19(17)7-9-24(23,3)28/h16-21,25,27-28H,4-15H2,1-3H3/t16?,17?,18?,19?,20-,21-,22-,23-,24-/m0/s1. The number of nitrogens with one attached hydrogen (secondary N) is 1. The van der Waals surface area contributed by atoms with Crippen LogP contribution in [0, 0.1) is 34.5 Å². The molecule has 0 amide bonds. The minimum absolute atomic E-state index is 0.115. The topological polar surface area (TPSA) is 55.7 Å². The zero-order chi connectivity index (χ0) is 19.7. The van der Waals surface area contributed by atoms with Crippen molar-refractivity contribution in [3.63, 3.8) is 0 Å². The molecule has 1 heterocycles. The number of nitrogens with zero attached hydrogens (tertiary/aromatic N) is 1. The first-order valence-electron chi connectivity index (χ1n) is 12.1. The lowest BCUT2D eigenvalue weighted by molar-refractivity contribution is -0.166. The predicted molar refractivity (Wildman–Crippen MR) is 112 cm³/mol. The molecule has 4 nitrogen and oxygen atoms in total. The minimum Gasteiger partial charge on any atom is -0.391 e. The first kappa shape index (κ1) is 19.8. The quantitative estimate of drug-likeness (QED) is 0.644. The maximum Gasteiger partial charge on any atom is 0.0698 e. The summed E-state index contributed by atoms with van der Waals surface area (Å²) < 4.78 is 0. The normalized spacial score (nSPS) is 57.3. The Balaban J connectivity index is 1.41. The average Bonchev–Trinajstić information content (AvgIpc) is 2.92. The molecule has 5 aliphatic rings. The monoisotopic (exact) mass is 390 g/mol. The van der Waals surface area contributed by atoms with Gasteiger partial charge in [0.25, 0.3) is 0 Å². The number of fused-ring (bicyclic) bond motifs is 5. The summed E-state index contributed by atoms with van der Waals surface area (Å²) in [5, 5.41) is 25.6. The van der Waals surface area contributed by atoms with Crippen LogP contribution in [0.5, 0.6) is 0 Å². The van der Waals surface area contributed by atoms with Crippen LogP contribution in [0.4, 0.5) is 0 Å². The Bertz CT molecular complexity index is 603. The van der Waals surface area contributed by atoms with Gasteiger partial charge in [0, 0.05) is 32.2 Å². The van der Waals surface area contributed by atoms with E-state index in [-0.39, 0.29) is 11.5 Å². The van der Waals surface area contributed by atoms with Crippen LogP contribution in [-0.4, -0.2) is 59.0 Å². The molecular weight excluding hydrogens is 348 g/mol. The van der Waals surface area contributed by atoms with Gasteiger partial charge in [0.2, 0.25) is 0 Å². The zero-order valence-electron chi connectivity index (χ0n) is 18.3. The van der Waals surface area contributed by atoms with E-state index in [1.54, 1.807) is 0 Å². The third-order valence-electron chi connectivity index (χ3n) is 10.9. The van der Waals surface area contributed by atoms with Gasteiger partial charge < -0.3 is 15.5 Å². The zero-order valence-corrected chi connectivity index (χ0v) is 18.3. The minimum atomic E-state index is -0.480. The van der Waals surface area contributed by atoms with Crippen LogP contribution >= 0.6 is 0 Å². The number of piperazine rings is 1. The highest BCUT2D eigenvalue weighted by molar-refractivity contribution is 5.14. The molecule has 5 rings (SSSR count). The maximum absolute atomic E-state index is 11.1. The Hall–Kier alpha value is -0.160. The van der Waals surface area contributed by atoms with Crippen LogP contribution in [0.2, 0.25) is 0 Å². The molecule has 4 saturated carbocycles. The van der Waals surface area contributed by atoms with Crippen LogP contribution in [0.15, 0.2) is 0 Å². The van der Waals surface area contributed by atoms with Crippen molar-refractivity contribution in [2.75, 3.05) is 26.2 Å². The van der Waals surface area contributed by atoms with Crippen molar-refractivity contribution in [2.45, 2.75) is 89.9 Å². The SMILES string of the molecule is C[C@]12C[C@H](N3CCNCC3)[C@@H](O)CC1CCC1C2CC[C@@]2(C)C1CC[C@]2(C)O. The van der Waals surface area contributed by atoms with E-state index in [0.717, 1.165) is 50.9 Å². The van der Waals surface area contributed by atoms with Crippen LogP contribution < -0.4 is 5.32 Å². The van der Waals surface area contributed by atoms with Crippen LogP contribution in [0.25, 0.3) is 0 Å². The van der Waals surface area contributed by atoms with Crippen molar-refractivity contribution in [3.05, 3.63) is 0 Å². The molecule has 3 N–H and O–H groups in total. The van der Waals surface area contributed by atoms with Crippen molar-refractivity contribution in [2.24, 2.45) is 34.5 Å². The van der Waals surface area contributed by atoms with E-state index in [2.05, 4.69) is 31.0 Å². The molecule has 28 heavy (non-hydrogen) atoms. The molecule has 0 bridgehead atoms. The molecule has 0 spiro atoms. The van der Waals surface area contributed by atoms with Gasteiger partial charge in [-0.05, 0) is 92.8 Å². The van der Waals surface area contributed by atoms with Crippen LogP contribution in [0.1, 0.15) is 72.1 Å². The summed E-state index contributed by atoms with van der Waals surface area (Å²) in [5.41, 5.74) is 0.00341. The highest BCUT2D eigenvalue weighted by Crippen LogP contribution is 2.68. The summed E-state index contributed by atoms with van der Waals surface area (Å²) in [6.45, 7) is 11.4. The highest BCUT2D eigenvalue weighted by Gasteiger charge is 2.64. The average molecular weight is 391 g/mol. The first-order chi connectivity index (χ1) is 13.3. The van der Waals surface area contributed by atoms with Crippen molar-refractivity contribution in [1.82, 2.24) is 10.2 Å². The predicted octanol–water partition coefficient (Wildman–Crippen LogP) is 3.02. The molecule has 4 aliphatic carbocycles. The van der Waals surface area contributed by atoms with E-state index in [9.17, 15) is 10.2 Å². The smallest absolute Gasteiger partial charge is 0.0698 e. The fourth-order valence-electron chi connectivity index (χ4n) is 8.91. The summed E-state index contributed by atoms with van der Waals surface area (Å²) in [6, 6.07) is 0.349. The molecule has 0 aromatic rings. The molecule has 0 radical (unpaired) electrons. The van der Waals surface area contributed by atoms with Crippen LogP contribution in [0.3, 0.4) is 0 Å². The summed E-state index contributed by atoms with van der Waals surface area (Å²) >= 11 is 0. The number of hydrogen-bond acceptors (Lipinski definition) is 4. The molecule has 160 valence electrons. The Morgan fingerprint density at radius 3 is 2.39 bits per heavy atom. The lowest BCUT2D eigenvalue weighted by Crippen LogP contribution is -2.62. The van der Waals surface area contributed by atoms with Gasteiger partial charge in [-0.1, -0.05) is 13.8 Å². The second-order valence-electron chi connectivity index (χ2n) is 11.8. The van der Waals surface area contributed by atoms with Gasteiger partial charge in [-0.15, -0.1) is 0 Å². The molecule has 1 saturated heterocycles. The highest BCUT2D eigenvalue weighted by atomic mass is 16.3. The molecule has 1 aliphatic heterocycles. The summed E-state index contributed by atoms with van der Waals surface area (Å²) in [6.07, 6.45) is 9.33. The fourth-order valence-corrected chi connectivity index (χ4v) is 8.91. The third-order valence-corrected chi connectivity index (χ3v) is 10.9. The molecule has 9 atom stereocenters. The largest absolute Gasteiger partial charge is 0.391 e. The first-order valence-corrected chi connectivity index (χ1v) is 12.1. The van der Waals surface area contributed by atoms with Crippen molar-refractivity contribution in [1.29, 1.82) is 0 Å². The Morgan fingerprint density at radius 2 is 1.64 bits per heavy atom. The Kier molecular flexibility index (Phi) is 4.71. The number of aliphatic hydroxyl groups excluding tert-OH is 1.